The molecule has 0 radical (unpaired) electrons. The third-order valence-electron chi connectivity index (χ3n) is 5.71. The highest BCUT2D eigenvalue weighted by atomic mass is 16.5. The Morgan fingerprint density at radius 1 is 1.10 bits per heavy atom. The molecule has 2 aromatic carbocycles. The molecule has 2 heterocycles. The van der Waals surface area contributed by atoms with Crippen LogP contribution >= 0.6 is 0 Å². The zero-order chi connectivity index (χ0) is 19.9. The zero-order valence-corrected chi connectivity index (χ0v) is 16.9. The Morgan fingerprint density at radius 3 is 2.79 bits per heavy atom. The first-order valence-corrected chi connectivity index (χ1v) is 10.7. The van der Waals surface area contributed by atoms with Crippen LogP contribution in [-0.2, 0) is 29.0 Å². The average Bonchev–Trinajstić information content (AvgIpc) is 3.18. The highest BCUT2D eigenvalue weighted by molar-refractivity contribution is 5.77. The third kappa shape index (κ3) is 5.58. The number of hydrogen-bond acceptors (Lipinski definition) is 4. The largest absolute Gasteiger partial charge is 0.483 e. The molecule has 1 amide bonds. The van der Waals surface area contributed by atoms with E-state index in [2.05, 4.69) is 40.5 Å². The molecule has 2 aliphatic heterocycles. The van der Waals surface area contributed by atoms with Crippen molar-refractivity contribution in [3.63, 3.8) is 0 Å². The number of benzene rings is 2. The highest BCUT2D eigenvalue weighted by Crippen LogP contribution is 2.24. The molecule has 1 atom stereocenters. The Bertz CT molecular complexity index is 817. The molecule has 1 saturated heterocycles. The van der Waals surface area contributed by atoms with Crippen molar-refractivity contribution in [3.05, 3.63) is 65.2 Å². The summed E-state index contributed by atoms with van der Waals surface area (Å²) in [7, 11) is 0. The summed E-state index contributed by atoms with van der Waals surface area (Å²) in [6, 6.07) is 16.8. The Labute approximate surface area is 173 Å². The first-order chi connectivity index (χ1) is 14.3. The van der Waals surface area contributed by atoms with Crippen LogP contribution in [0.15, 0.2) is 48.5 Å². The fourth-order valence-corrected chi connectivity index (χ4v) is 4.15. The van der Waals surface area contributed by atoms with Gasteiger partial charge >= 0.3 is 0 Å². The second-order valence-electron chi connectivity index (χ2n) is 7.92. The molecule has 0 aliphatic carbocycles. The van der Waals surface area contributed by atoms with Gasteiger partial charge in [-0.15, -0.1) is 0 Å². The molecule has 4 rings (SSSR count). The van der Waals surface area contributed by atoms with Crippen LogP contribution in [0, 0.1) is 0 Å². The topological polar surface area (TPSA) is 50.8 Å². The summed E-state index contributed by atoms with van der Waals surface area (Å²) >= 11 is 0. The van der Waals surface area contributed by atoms with Crippen molar-refractivity contribution in [2.45, 2.75) is 44.9 Å². The third-order valence-corrected chi connectivity index (χ3v) is 5.71. The summed E-state index contributed by atoms with van der Waals surface area (Å²) in [4.78, 5) is 14.6. The lowest BCUT2D eigenvalue weighted by atomic mass is 10.0. The lowest BCUT2D eigenvalue weighted by Crippen LogP contribution is -2.35. The number of carbonyl (C=O) groups excluding carboxylic acids is 1. The summed E-state index contributed by atoms with van der Waals surface area (Å²) in [6.07, 6.45) is 4.53. The molecule has 154 valence electrons. The second kappa shape index (κ2) is 9.90. The number of aryl methyl sites for hydroxylation is 1. The minimum absolute atomic E-state index is 0.0343. The molecular formula is C24H30N2O3. The molecule has 1 N–H and O–H groups in total. The van der Waals surface area contributed by atoms with Crippen molar-refractivity contribution < 1.29 is 14.3 Å². The standard InChI is InChI=1S/C24H30N2O3/c27-24(25-15-22-11-6-14-28-22)18-29-23-12-4-3-9-21(23)17-26-13-5-10-19-7-1-2-8-20(19)16-26/h1-4,7-9,12,22H,5-6,10-11,13-18H2,(H,25,27). The predicted molar refractivity (Wildman–Crippen MR) is 113 cm³/mol. The van der Waals surface area contributed by atoms with E-state index in [4.69, 9.17) is 9.47 Å². The van der Waals surface area contributed by atoms with E-state index in [1.54, 1.807) is 0 Å². The number of amides is 1. The Kier molecular flexibility index (Phi) is 6.80. The maximum absolute atomic E-state index is 12.2. The monoisotopic (exact) mass is 394 g/mol. The fourth-order valence-electron chi connectivity index (χ4n) is 4.15. The highest BCUT2D eigenvalue weighted by Gasteiger charge is 2.18. The quantitative estimate of drug-likeness (QED) is 0.783. The Hall–Kier alpha value is -2.37. The molecular weight excluding hydrogens is 364 g/mol. The Balaban J connectivity index is 1.32. The lowest BCUT2D eigenvalue weighted by Gasteiger charge is -2.22. The van der Waals surface area contributed by atoms with Crippen LogP contribution in [0.25, 0.3) is 0 Å². The van der Waals surface area contributed by atoms with E-state index in [-0.39, 0.29) is 18.6 Å². The van der Waals surface area contributed by atoms with Crippen LogP contribution in [0.5, 0.6) is 5.75 Å². The lowest BCUT2D eigenvalue weighted by molar-refractivity contribution is -0.123. The molecule has 1 unspecified atom stereocenters. The normalized spacial score (nSPS) is 19.4. The number of ether oxygens (including phenoxy) is 2. The molecule has 1 fully saturated rings. The van der Waals surface area contributed by atoms with E-state index in [1.165, 1.54) is 11.1 Å². The van der Waals surface area contributed by atoms with Gasteiger partial charge in [-0.2, -0.15) is 0 Å². The van der Waals surface area contributed by atoms with Crippen molar-refractivity contribution in [1.82, 2.24) is 10.2 Å². The smallest absolute Gasteiger partial charge is 0.258 e. The SMILES string of the molecule is O=C(COc1ccccc1CN1CCCc2ccccc2C1)NCC1CCCO1. The van der Waals surface area contributed by atoms with Gasteiger partial charge in [-0.05, 0) is 49.4 Å². The summed E-state index contributed by atoms with van der Waals surface area (Å²) < 4.78 is 11.4. The summed E-state index contributed by atoms with van der Waals surface area (Å²) in [5.41, 5.74) is 4.00. The van der Waals surface area contributed by atoms with Crippen molar-refractivity contribution in [2.24, 2.45) is 0 Å². The van der Waals surface area contributed by atoms with E-state index in [0.29, 0.717) is 6.54 Å². The van der Waals surface area contributed by atoms with Crippen LogP contribution in [0.3, 0.4) is 0 Å². The summed E-state index contributed by atoms with van der Waals surface area (Å²) in [6.45, 7) is 4.23. The van der Waals surface area contributed by atoms with Gasteiger partial charge in [-0.25, -0.2) is 0 Å². The molecule has 2 aromatic rings. The van der Waals surface area contributed by atoms with Crippen LogP contribution in [0.4, 0.5) is 0 Å². The van der Waals surface area contributed by atoms with Crippen LogP contribution in [-0.4, -0.2) is 43.2 Å². The fraction of sp³-hybridized carbons (Fsp3) is 0.458. The van der Waals surface area contributed by atoms with E-state index in [9.17, 15) is 4.79 Å². The molecule has 29 heavy (non-hydrogen) atoms. The van der Waals surface area contributed by atoms with Gasteiger partial charge in [-0.1, -0.05) is 42.5 Å². The Morgan fingerprint density at radius 2 is 1.93 bits per heavy atom. The predicted octanol–water partition coefficient (Wildman–Crippen LogP) is 3.31. The summed E-state index contributed by atoms with van der Waals surface area (Å²) in [5.74, 6) is 0.691. The van der Waals surface area contributed by atoms with Gasteiger partial charge in [0, 0.05) is 31.8 Å². The molecule has 2 aliphatic rings. The number of para-hydroxylation sites is 1. The number of carbonyl (C=O) groups is 1. The first-order valence-electron chi connectivity index (χ1n) is 10.7. The second-order valence-corrected chi connectivity index (χ2v) is 7.92. The van der Waals surface area contributed by atoms with Crippen LogP contribution in [0.1, 0.15) is 36.0 Å². The first kappa shape index (κ1) is 19.9. The molecule has 0 saturated carbocycles. The van der Waals surface area contributed by atoms with Gasteiger partial charge in [0.25, 0.3) is 5.91 Å². The molecule has 0 bridgehead atoms. The molecule has 5 heteroatoms. The number of hydrogen-bond donors (Lipinski definition) is 1. The van der Waals surface area contributed by atoms with E-state index in [0.717, 1.165) is 63.2 Å². The van der Waals surface area contributed by atoms with E-state index in [1.807, 2.05) is 18.2 Å². The molecule has 0 spiro atoms. The van der Waals surface area contributed by atoms with Gasteiger partial charge in [-0.3, -0.25) is 9.69 Å². The number of nitrogens with zero attached hydrogens (tertiary/aromatic N) is 1. The van der Waals surface area contributed by atoms with Crippen LogP contribution in [0.2, 0.25) is 0 Å². The number of fused-ring (bicyclic) bond motifs is 1. The summed E-state index contributed by atoms with van der Waals surface area (Å²) in [5, 5.41) is 2.92. The number of nitrogens with one attached hydrogen (secondary N) is 1. The van der Waals surface area contributed by atoms with Gasteiger partial charge in [0.15, 0.2) is 6.61 Å². The maximum atomic E-state index is 12.2. The number of rotatable bonds is 7. The van der Waals surface area contributed by atoms with Crippen molar-refractivity contribution in [1.29, 1.82) is 0 Å². The minimum atomic E-state index is -0.0981. The van der Waals surface area contributed by atoms with Crippen molar-refractivity contribution >= 4 is 5.91 Å². The van der Waals surface area contributed by atoms with Crippen LogP contribution < -0.4 is 10.1 Å². The van der Waals surface area contributed by atoms with Gasteiger partial charge in [0.05, 0.1) is 6.10 Å². The maximum Gasteiger partial charge on any atom is 0.258 e. The molecule has 0 aromatic heterocycles. The molecule has 5 nitrogen and oxygen atoms in total. The average molecular weight is 395 g/mol. The minimum Gasteiger partial charge on any atom is -0.483 e. The van der Waals surface area contributed by atoms with E-state index >= 15 is 0 Å². The van der Waals surface area contributed by atoms with Gasteiger partial charge in [0.2, 0.25) is 0 Å². The van der Waals surface area contributed by atoms with Crippen molar-refractivity contribution in [2.75, 3.05) is 26.3 Å². The van der Waals surface area contributed by atoms with Gasteiger partial charge in [0.1, 0.15) is 5.75 Å². The van der Waals surface area contributed by atoms with E-state index < -0.39 is 0 Å². The van der Waals surface area contributed by atoms with Crippen molar-refractivity contribution in [3.8, 4) is 5.75 Å². The van der Waals surface area contributed by atoms with Gasteiger partial charge < -0.3 is 14.8 Å². The zero-order valence-electron chi connectivity index (χ0n) is 16.9.